The van der Waals surface area contributed by atoms with Crippen molar-refractivity contribution in [1.29, 1.82) is 0 Å². The summed E-state index contributed by atoms with van der Waals surface area (Å²) in [6.07, 6.45) is 1.68. The Morgan fingerprint density at radius 3 is 2.19 bits per heavy atom. The summed E-state index contributed by atoms with van der Waals surface area (Å²) >= 11 is 0. The predicted octanol–water partition coefficient (Wildman–Crippen LogP) is 2.43. The van der Waals surface area contributed by atoms with Crippen LogP contribution in [0.5, 0.6) is 0 Å². The minimum Gasteiger partial charge on any atom is -0.325 e. The van der Waals surface area contributed by atoms with Crippen LogP contribution < -0.4 is 10.6 Å². The van der Waals surface area contributed by atoms with Gasteiger partial charge in [0.25, 0.3) is 0 Å². The zero-order valence-corrected chi connectivity index (χ0v) is 18.9. The first kappa shape index (κ1) is 23.8. The molecule has 32 heavy (non-hydrogen) atoms. The van der Waals surface area contributed by atoms with E-state index >= 15 is 0 Å². The Bertz CT molecular complexity index is 1100. The molecule has 0 atom stereocenters. The van der Waals surface area contributed by atoms with Gasteiger partial charge in [-0.25, -0.2) is 12.8 Å². The van der Waals surface area contributed by atoms with Gasteiger partial charge in [-0.05, 0) is 62.7 Å². The fourth-order valence-electron chi connectivity index (χ4n) is 3.54. The van der Waals surface area contributed by atoms with Crippen molar-refractivity contribution in [3.63, 3.8) is 0 Å². The fraction of sp³-hybridized carbons (Fsp3) is 0.364. The Morgan fingerprint density at radius 1 is 1.00 bits per heavy atom. The molecular weight excluding hydrogens is 435 g/mol. The van der Waals surface area contributed by atoms with Gasteiger partial charge < -0.3 is 10.6 Å². The number of nitrogens with one attached hydrogen (secondary N) is 2. The van der Waals surface area contributed by atoms with Crippen molar-refractivity contribution in [1.82, 2.24) is 9.21 Å². The van der Waals surface area contributed by atoms with Gasteiger partial charge in [-0.1, -0.05) is 12.1 Å². The van der Waals surface area contributed by atoms with Crippen LogP contribution in [0.2, 0.25) is 0 Å². The third kappa shape index (κ3) is 6.12. The van der Waals surface area contributed by atoms with Crippen molar-refractivity contribution in [3.05, 3.63) is 53.8 Å². The number of benzene rings is 2. The molecule has 0 spiro atoms. The summed E-state index contributed by atoms with van der Waals surface area (Å²) in [4.78, 5) is 26.2. The minimum atomic E-state index is -3.61. The molecule has 8 nitrogen and oxygen atoms in total. The van der Waals surface area contributed by atoms with Crippen LogP contribution in [0.4, 0.5) is 15.8 Å². The highest BCUT2D eigenvalue weighted by molar-refractivity contribution is 7.89. The molecule has 1 fully saturated rings. The highest BCUT2D eigenvalue weighted by Crippen LogP contribution is 2.26. The lowest BCUT2D eigenvalue weighted by Crippen LogP contribution is -2.36. The van der Waals surface area contributed by atoms with Gasteiger partial charge in [-0.15, -0.1) is 0 Å². The third-order valence-corrected chi connectivity index (χ3v) is 7.13. The second-order valence-electron chi connectivity index (χ2n) is 7.87. The summed E-state index contributed by atoms with van der Waals surface area (Å²) in [5.41, 5.74) is 1.32. The normalized spacial score (nSPS) is 14.5. The Balaban J connectivity index is 1.58. The Labute approximate surface area is 187 Å². The second kappa shape index (κ2) is 10.2. The standard InChI is InChI=1S/C22H27FN4O4S/c1-16-8-9-19(13-20(16)32(30,31)27-10-3-4-11-27)25-22(29)15-26(2)14-21(28)24-18-7-5-6-17(23)12-18/h5-9,12-13H,3-4,10-11,14-15H2,1-2H3,(H,24,28)(H,25,29). The van der Waals surface area contributed by atoms with Crippen LogP contribution in [0.15, 0.2) is 47.4 Å². The van der Waals surface area contributed by atoms with Crippen molar-refractivity contribution in [2.75, 3.05) is 43.9 Å². The average molecular weight is 463 g/mol. The van der Waals surface area contributed by atoms with E-state index in [9.17, 15) is 22.4 Å². The molecule has 10 heteroatoms. The number of aryl methyl sites for hydroxylation is 1. The lowest BCUT2D eigenvalue weighted by atomic mass is 10.2. The van der Waals surface area contributed by atoms with E-state index in [1.807, 2.05) is 0 Å². The van der Waals surface area contributed by atoms with Crippen molar-refractivity contribution in [2.45, 2.75) is 24.7 Å². The summed E-state index contributed by atoms with van der Waals surface area (Å²) < 4.78 is 40.5. The monoisotopic (exact) mass is 462 g/mol. The minimum absolute atomic E-state index is 0.0770. The van der Waals surface area contributed by atoms with E-state index < -0.39 is 15.8 Å². The van der Waals surface area contributed by atoms with E-state index in [-0.39, 0.29) is 29.8 Å². The first-order valence-electron chi connectivity index (χ1n) is 10.3. The lowest BCUT2D eigenvalue weighted by molar-refractivity contribution is -0.119. The van der Waals surface area contributed by atoms with E-state index in [2.05, 4.69) is 10.6 Å². The number of nitrogens with zero attached hydrogens (tertiary/aromatic N) is 2. The number of carbonyl (C=O) groups excluding carboxylic acids is 2. The van der Waals surface area contributed by atoms with Gasteiger partial charge >= 0.3 is 0 Å². The number of halogens is 1. The van der Waals surface area contributed by atoms with E-state index in [0.29, 0.717) is 30.0 Å². The molecule has 2 aromatic carbocycles. The molecule has 1 heterocycles. The molecule has 2 N–H and O–H groups in total. The number of amides is 2. The van der Waals surface area contributed by atoms with Crippen LogP contribution in [-0.2, 0) is 19.6 Å². The maximum absolute atomic E-state index is 13.2. The lowest BCUT2D eigenvalue weighted by Gasteiger charge is -2.19. The van der Waals surface area contributed by atoms with Gasteiger partial charge in [0.2, 0.25) is 21.8 Å². The molecule has 1 aliphatic heterocycles. The molecule has 2 amide bonds. The highest BCUT2D eigenvalue weighted by Gasteiger charge is 2.28. The number of hydrogen-bond donors (Lipinski definition) is 2. The van der Waals surface area contributed by atoms with E-state index in [0.717, 1.165) is 12.8 Å². The molecule has 172 valence electrons. The number of sulfonamides is 1. The van der Waals surface area contributed by atoms with Gasteiger partial charge in [-0.2, -0.15) is 4.31 Å². The predicted molar refractivity (Wildman–Crippen MR) is 120 cm³/mol. The molecule has 0 saturated carbocycles. The summed E-state index contributed by atoms with van der Waals surface area (Å²) in [5, 5.41) is 5.26. The number of hydrogen-bond acceptors (Lipinski definition) is 5. The van der Waals surface area contributed by atoms with Crippen LogP contribution in [0.3, 0.4) is 0 Å². The van der Waals surface area contributed by atoms with E-state index in [1.54, 1.807) is 32.2 Å². The molecule has 0 aliphatic carbocycles. The van der Waals surface area contributed by atoms with Crippen molar-refractivity contribution < 1.29 is 22.4 Å². The fourth-order valence-corrected chi connectivity index (χ4v) is 5.30. The summed E-state index contributed by atoms with van der Waals surface area (Å²) in [7, 11) is -2.01. The van der Waals surface area contributed by atoms with Gasteiger partial charge in [0.1, 0.15) is 5.82 Å². The van der Waals surface area contributed by atoms with Crippen LogP contribution in [0.25, 0.3) is 0 Å². The third-order valence-electron chi connectivity index (χ3n) is 5.09. The summed E-state index contributed by atoms with van der Waals surface area (Å²) in [5.74, 6) is -1.24. The smallest absolute Gasteiger partial charge is 0.243 e. The molecule has 2 aromatic rings. The molecular formula is C22H27FN4O4S. The first-order chi connectivity index (χ1) is 15.1. The van der Waals surface area contributed by atoms with Crippen LogP contribution >= 0.6 is 0 Å². The molecule has 1 aliphatic rings. The molecule has 0 radical (unpaired) electrons. The zero-order chi connectivity index (χ0) is 23.3. The van der Waals surface area contributed by atoms with E-state index in [4.69, 9.17) is 0 Å². The van der Waals surface area contributed by atoms with Crippen LogP contribution in [0, 0.1) is 12.7 Å². The molecule has 0 bridgehead atoms. The topological polar surface area (TPSA) is 98.8 Å². The summed E-state index contributed by atoms with van der Waals surface area (Å²) in [6.45, 7) is 2.56. The Kier molecular flexibility index (Phi) is 7.60. The van der Waals surface area contributed by atoms with Crippen LogP contribution in [-0.4, -0.2) is 62.7 Å². The maximum atomic E-state index is 13.2. The Hall–Kier alpha value is -2.82. The van der Waals surface area contributed by atoms with Crippen molar-refractivity contribution >= 4 is 33.2 Å². The van der Waals surface area contributed by atoms with Gasteiger partial charge in [0, 0.05) is 24.5 Å². The quantitative estimate of drug-likeness (QED) is 0.628. The second-order valence-corrected chi connectivity index (χ2v) is 9.78. The number of rotatable bonds is 8. The SMILES string of the molecule is Cc1ccc(NC(=O)CN(C)CC(=O)Nc2cccc(F)c2)cc1S(=O)(=O)N1CCCC1. The Morgan fingerprint density at radius 2 is 1.59 bits per heavy atom. The molecule has 0 unspecified atom stereocenters. The van der Waals surface area contributed by atoms with Crippen molar-refractivity contribution in [3.8, 4) is 0 Å². The number of likely N-dealkylation sites (N-methyl/N-ethyl adjacent to an activating group) is 1. The molecule has 0 aromatic heterocycles. The summed E-state index contributed by atoms with van der Waals surface area (Å²) in [6, 6.07) is 10.3. The average Bonchev–Trinajstić information content (AvgIpc) is 3.24. The largest absolute Gasteiger partial charge is 0.325 e. The zero-order valence-electron chi connectivity index (χ0n) is 18.1. The number of carbonyl (C=O) groups is 2. The van der Waals surface area contributed by atoms with Gasteiger partial charge in [0.05, 0.1) is 18.0 Å². The maximum Gasteiger partial charge on any atom is 0.243 e. The molecule has 1 saturated heterocycles. The van der Waals surface area contributed by atoms with Crippen LogP contribution in [0.1, 0.15) is 18.4 Å². The van der Waals surface area contributed by atoms with Gasteiger partial charge in [-0.3, -0.25) is 14.5 Å². The van der Waals surface area contributed by atoms with Crippen molar-refractivity contribution in [2.24, 2.45) is 0 Å². The molecule has 3 rings (SSSR count). The number of anilines is 2. The van der Waals surface area contributed by atoms with E-state index in [1.165, 1.54) is 33.5 Å². The first-order valence-corrected chi connectivity index (χ1v) is 11.7. The highest BCUT2D eigenvalue weighted by atomic mass is 32.2. The van der Waals surface area contributed by atoms with Gasteiger partial charge in [0.15, 0.2) is 0 Å².